The van der Waals surface area contributed by atoms with Gasteiger partial charge in [-0.05, 0) is 30.5 Å². The molecule has 0 aliphatic carbocycles. The molecule has 0 unspecified atom stereocenters. The molecule has 3 N–H and O–H groups in total. The van der Waals surface area contributed by atoms with Crippen molar-refractivity contribution in [2.24, 2.45) is 0 Å². The number of carbonyl (C=O) groups is 1. The number of amides is 2. The summed E-state index contributed by atoms with van der Waals surface area (Å²) in [6.45, 7) is 4.31. The third-order valence-electron chi connectivity index (χ3n) is 2.69. The van der Waals surface area contributed by atoms with E-state index >= 15 is 0 Å². The normalized spacial score (nSPS) is 19.9. The van der Waals surface area contributed by atoms with Gasteiger partial charge in [0.2, 0.25) is 0 Å². The molecule has 0 aromatic heterocycles. The maximum Gasteiger partial charge on any atom is 0.315 e. The molecule has 1 aromatic carbocycles. The van der Waals surface area contributed by atoms with Crippen molar-refractivity contribution in [2.45, 2.75) is 19.9 Å². The van der Waals surface area contributed by atoms with E-state index in [0.717, 1.165) is 16.7 Å². The molecule has 1 aromatic rings. The SMILES string of the molecule is Cc1cc([C@@H]2CNC(=O)N2)cc(C)c1O. The molecular formula is C11H14N2O2. The average Bonchev–Trinajstić information content (AvgIpc) is 2.60. The topological polar surface area (TPSA) is 61.4 Å². The van der Waals surface area contributed by atoms with Crippen LogP contribution in [0.4, 0.5) is 4.79 Å². The van der Waals surface area contributed by atoms with E-state index < -0.39 is 0 Å². The van der Waals surface area contributed by atoms with E-state index in [1.54, 1.807) is 0 Å². The highest BCUT2D eigenvalue weighted by molar-refractivity contribution is 5.77. The largest absolute Gasteiger partial charge is 0.507 e. The van der Waals surface area contributed by atoms with Crippen molar-refractivity contribution >= 4 is 6.03 Å². The highest BCUT2D eigenvalue weighted by atomic mass is 16.3. The maximum absolute atomic E-state index is 11.0. The lowest BCUT2D eigenvalue weighted by atomic mass is 10.0. The molecule has 0 saturated carbocycles. The minimum absolute atomic E-state index is 0.00972. The van der Waals surface area contributed by atoms with Gasteiger partial charge in [-0.25, -0.2) is 4.79 Å². The Morgan fingerprint density at radius 3 is 2.40 bits per heavy atom. The summed E-state index contributed by atoms with van der Waals surface area (Å²) in [7, 11) is 0. The van der Waals surface area contributed by atoms with Crippen molar-refractivity contribution in [3.8, 4) is 5.75 Å². The summed E-state index contributed by atoms with van der Waals surface area (Å²) in [6, 6.07) is 3.68. The van der Waals surface area contributed by atoms with E-state index in [-0.39, 0.29) is 12.1 Å². The third kappa shape index (κ3) is 1.75. The fourth-order valence-electron chi connectivity index (χ4n) is 1.85. The zero-order chi connectivity index (χ0) is 11.0. The van der Waals surface area contributed by atoms with Gasteiger partial charge in [-0.2, -0.15) is 0 Å². The van der Waals surface area contributed by atoms with Crippen LogP contribution < -0.4 is 10.6 Å². The van der Waals surface area contributed by atoms with Gasteiger partial charge in [0.05, 0.1) is 6.04 Å². The van der Waals surface area contributed by atoms with Gasteiger partial charge in [-0.1, -0.05) is 12.1 Å². The Labute approximate surface area is 88.3 Å². The molecule has 1 aliphatic heterocycles. The minimum Gasteiger partial charge on any atom is -0.507 e. The van der Waals surface area contributed by atoms with Crippen LogP contribution in [0.15, 0.2) is 12.1 Å². The van der Waals surface area contributed by atoms with Crippen LogP contribution >= 0.6 is 0 Å². The first kappa shape index (κ1) is 9.83. The molecule has 2 rings (SSSR count). The Kier molecular flexibility index (Phi) is 2.26. The monoisotopic (exact) mass is 206 g/mol. The first-order valence-corrected chi connectivity index (χ1v) is 4.92. The van der Waals surface area contributed by atoms with Crippen molar-refractivity contribution in [1.82, 2.24) is 10.6 Å². The van der Waals surface area contributed by atoms with Gasteiger partial charge < -0.3 is 15.7 Å². The highest BCUT2D eigenvalue weighted by Gasteiger charge is 2.22. The molecule has 1 heterocycles. The predicted octanol–water partition coefficient (Wildman–Crippen LogP) is 1.36. The van der Waals surface area contributed by atoms with E-state index in [4.69, 9.17) is 0 Å². The molecule has 1 atom stereocenters. The number of benzene rings is 1. The lowest BCUT2D eigenvalue weighted by Gasteiger charge is -2.12. The molecule has 1 saturated heterocycles. The molecule has 0 spiro atoms. The molecular weight excluding hydrogens is 192 g/mol. The van der Waals surface area contributed by atoms with Crippen LogP contribution in [0.25, 0.3) is 0 Å². The third-order valence-corrected chi connectivity index (χ3v) is 2.69. The number of hydrogen-bond donors (Lipinski definition) is 3. The standard InChI is InChI=1S/C11H14N2O2/c1-6-3-8(4-7(2)10(6)14)9-5-12-11(15)13-9/h3-4,9,14H,5H2,1-2H3,(H2,12,13,15)/t9-/m0/s1. The minimum atomic E-state index is -0.136. The molecule has 0 radical (unpaired) electrons. The van der Waals surface area contributed by atoms with Crippen LogP contribution in [-0.4, -0.2) is 17.7 Å². The summed E-state index contributed by atoms with van der Waals surface area (Å²) >= 11 is 0. The molecule has 0 bridgehead atoms. The molecule has 15 heavy (non-hydrogen) atoms. The second kappa shape index (κ2) is 3.46. The summed E-state index contributed by atoms with van der Waals surface area (Å²) in [6.07, 6.45) is 0. The van der Waals surface area contributed by atoms with Crippen molar-refractivity contribution in [2.75, 3.05) is 6.54 Å². The lowest BCUT2D eigenvalue weighted by Crippen LogP contribution is -2.21. The van der Waals surface area contributed by atoms with Crippen LogP contribution in [0, 0.1) is 13.8 Å². The number of phenolic OH excluding ortho intramolecular Hbond substituents is 1. The number of rotatable bonds is 1. The van der Waals surface area contributed by atoms with Crippen LogP contribution in [0.1, 0.15) is 22.7 Å². The molecule has 2 amide bonds. The first-order chi connectivity index (χ1) is 7.08. The van der Waals surface area contributed by atoms with Gasteiger partial charge in [-0.15, -0.1) is 0 Å². The molecule has 80 valence electrons. The van der Waals surface area contributed by atoms with Crippen molar-refractivity contribution < 1.29 is 9.90 Å². The Hall–Kier alpha value is -1.71. The Balaban J connectivity index is 2.33. The quantitative estimate of drug-likeness (QED) is 0.649. The van der Waals surface area contributed by atoms with Crippen molar-refractivity contribution in [3.63, 3.8) is 0 Å². The molecule has 1 fully saturated rings. The zero-order valence-electron chi connectivity index (χ0n) is 8.79. The summed E-state index contributed by atoms with van der Waals surface area (Å²) in [4.78, 5) is 11.0. The Bertz CT molecular complexity index is 392. The van der Waals surface area contributed by atoms with E-state index in [1.807, 2.05) is 26.0 Å². The summed E-state index contributed by atoms with van der Waals surface area (Å²) in [5, 5.41) is 15.1. The number of carbonyl (C=O) groups excluding carboxylic acids is 1. The predicted molar refractivity (Wildman–Crippen MR) is 56.9 cm³/mol. The van der Waals surface area contributed by atoms with Crippen LogP contribution in [0.3, 0.4) is 0 Å². The van der Waals surface area contributed by atoms with Gasteiger partial charge in [-0.3, -0.25) is 0 Å². The van der Waals surface area contributed by atoms with Crippen LogP contribution in [-0.2, 0) is 0 Å². The zero-order valence-corrected chi connectivity index (χ0v) is 8.79. The van der Waals surface area contributed by atoms with Crippen LogP contribution in [0.2, 0.25) is 0 Å². The smallest absolute Gasteiger partial charge is 0.315 e. The Morgan fingerprint density at radius 2 is 1.93 bits per heavy atom. The van der Waals surface area contributed by atoms with E-state index in [1.165, 1.54) is 0 Å². The number of hydrogen-bond acceptors (Lipinski definition) is 2. The molecule has 4 heteroatoms. The van der Waals surface area contributed by atoms with Crippen molar-refractivity contribution in [3.05, 3.63) is 28.8 Å². The fraction of sp³-hybridized carbons (Fsp3) is 0.364. The summed E-state index contributed by atoms with van der Waals surface area (Å²) in [5.41, 5.74) is 2.71. The molecule has 4 nitrogen and oxygen atoms in total. The van der Waals surface area contributed by atoms with Gasteiger partial charge in [0.1, 0.15) is 5.75 Å². The summed E-state index contributed by atoms with van der Waals surface area (Å²) < 4.78 is 0. The number of aromatic hydroxyl groups is 1. The summed E-state index contributed by atoms with van der Waals surface area (Å²) in [5.74, 6) is 0.330. The van der Waals surface area contributed by atoms with Crippen molar-refractivity contribution in [1.29, 1.82) is 0 Å². The van der Waals surface area contributed by atoms with Gasteiger partial charge in [0.25, 0.3) is 0 Å². The average molecular weight is 206 g/mol. The second-order valence-corrected chi connectivity index (χ2v) is 3.91. The first-order valence-electron chi connectivity index (χ1n) is 4.92. The van der Waals surface area contributed by atoms with Gasteiger partial charge in [0.15, 0.2) is 0 Å². The van der Waals surface area contributed by atoms with E-state index in [9.17, 15) is 9.90 Å². The second-order valence-electron chi connectivity index (χ2n) is 3.91. The fourth-order valence-corrected chi connectivity index (χ4v) is 1.85. The number of nitrogens with one attached hydrogen (secondary N) is 2. The van der Waals surface area contributed by atoms with Crippen LogP contribution in [0.5, 0.6) is 5.75 Å². The number of aryl methyl sites for hydroxylation is 2. The maximum atomic E-state index is 11.0. The Morgan fingerprint density at radius 1 is 1.33 bits per heavy atom. The van der Waals surface area contributed by atoms with Gasteiger partial charge in [0, 0.05) is 6.54 Å². The highest BCUT2D eigenvalue weighted by Crippen LogP contribution is 2.26. The molecule has 1 aliphatic rings. The number of urea groups is 1. The van der Waals surface area contributed by atoms with E-state index in [2.05, 4.69) is 10.6 Å². The van der Waals surface area contributed by atoms with E-state index in [0.29, 0.717) is 12.3 Å². The number of phenols is 1. The van der Waals surface area contributed by atoms with Gasteiger partial charge >= 0.3 is 6.03 Å². The lowest BCUT2D eigenvalue weighted by molar-refractivity contribution is 0.247.